The van der Waals surface area contributed by atoms with Crippen molar-refractivity contribution in [2.45, 2.75) is 44.4 Å². The van der Waals surface area contributed by atoms with Crippen LogP contribution in [0, 0.1) is 6.92 Å². The van der Waals surface area contributed by atoms with Gasteiger partial charge in [0.05, 0.1) is 24.8 Å². The van der Waals surface area contributed by atoms with Crippen LogP contribution in [0.3, 0.4) is 0 Å². The minimum atomic E-state index is -0.0480. The van der Waals surface area contributed by atoms with E-state index >= 15 is 0 Å². The number of piperidine rings is 1. The summed E-state index contributed by atoms with van der Waals surface area (Å²) in [5.41, 5.74) is -0.0480. The van der Waals surface area contributed by atoms with Gasteiger partial charge in [-0.3, -0.25) is 4.90 Å². The zero-order chi connectivity index (χ0) is 17.3. The molecule has 2 saturated heterocycles. The second kappa shape index (κ2) is 6.77. The van der Waals surface area contributed by atoms with Crippen LogP contribution in [0.25, 0.3) is 0 Å². The highest BCUT2D eigenvalue weighted by atomic mass is 16.5. The maximum atomic E-state index is 6.34. The number of likely N-dealkylation sites (tertiary alicyclic amines) is 1. The monoisotopic (exact) mass is 342 g/mol. The number of rotatable bonds is 4. The maximum Gasteiger partial charge on any atom is 0.225 e. The molecule has 2 aliphatic rings. The Morgan fingerprint density at radius 3 is 2.92 bits per heavy atom. The van der Waals surface area contributed by atoms with Gasteiger partial charge in [-0.05, 0) is 44.5 Å². The summed E-state index contributed by atoms with van der Waals surface area (Å²) in [7, 11) is 2.06. The zero-order valence-electron chi connectivity index (χ0n) is 15.0. The molecule has 0 N–H and O–H groups in total. The summed E-state index contributed by atoms with van der Waals surface area (Å²) in [4.78, 5) is 13.4. The molecule has 2 aromatic heterocycles. The Morgan fingerprint density at radius 2 is 2.16 bits per heavy atom. The molecular weight excluding hydrogens is 316 g/mol. The van der Waals surface area contributed by atoms with E-state index in [2.05, 4.69) is 32.9 Å². The third kappa shape index (κ3) is 3.55. The van der Waals surface area contributed by atoms with Crippen LogP contribution in [0.4, 0.5) is 5.95 Å². The number of nitrogens with zero attached hydrogens (tertiary/aromatic N) is 4. The molecule has 0 amide bonds. The number of hydrogen-bond donors (Lipinski definition) is 0. The lowest BCUT2D eigenvalue weighted by Gasteiger charge is -2.39. The van der Waals surface area contributed by atoms with Crippen molar-refractivity contribution in [1.29, 1.82) is 0 Å². The Labute approximate surface area is 148 Å². The van der Waals surface area contributed by atoms with E-state index in [1.54, 1.807) is 12.4 Å². The van der Waals surface area contributed by atoms with Crippen molar-refractivity contribution in [3.05, 3.63) is 42.1 Å². The van der Waals surface area contributed by atoms with Crippen LogP contribution in [-0.4, -0.2) is 53.3 Å². The standard InChI is InChI=1S/C19H26N4O2/c1-15-5-6-17(25-15)12-23-10-3-7-19(14-23)11-16(13-24-19)22(2)18-20-8-4-9-21-18/h4-6,8-9,16H,3,7,10-14H2,1-2H3/t16-,19-/m1/s1. The van der Waals surface area contributed by atoms with Crippen molar-refractivity contribution < 1.29 is 9.15 Å². The minimum absolute atomic E-state index is 0.0480. The molecule has 6 heteroatoms. The molecule has 0 radical (unpaired) electrons. The first-order chi connectivity index (χ1) is 12.1. The SMILES string of the molecule is Cc1ccc(CN2CCC[C@@]3(C[C@@H](N(C)c4ncccn4)CO3)C2)o1. The van der Waals surface area contributed by atoms with Crippen LogP contribution in [0.15, 0.2) is 35.0 Å². The number of aryl methyl sites for hydroxylation is 1. The van der Waals surface area contributed by atoms with Gasteiger partial charge in [0.25, 0.3) is 0 Å². The molecule has 0 aromatic carbocycles. The lowest BCUT2D eigenvalue weighted by molar-refractivity contribution is -0.0545. The smallest absolute Gasteiger partial charge is 0.225 e. The van der Waals surface area contributed by atoms with Crippen molar-refractivity contribution in [3.63, 3.8) is 0 Å². The van der Waals surface area contributed by atoms with Crippen molar-refractivity contribution in [1.82, 2.24) is 14.9 Å². The number of aromatic nitrogens is 2. The molecule has 25 heavy (non-hydrogen) atoms. The summed E-state index contributed by atoms with van der Waals surface area (Å²) in [6.45, 7) is 5.66. The summed E-state index contributed by atoms with van der Waals surface area (Å²) in [6, 6.07) is 6.29. The predicted molar refractivity (Wildman–Crippen MR) is 95.5 cm³/mol. The molecule has 2 aromatic rings. The fraction of sp³-hybridized carbons (Fsp3) is 0.579. The van der Waals surface area contributed by atoms with Crippen LogP contribution in [0.1, 0.15) is 30.8 Å². The van der Waals surface area contributed by atoms with Crippen molar-refractivity contribution in [3.8, 4) is 0 Å². The van der Waals surface area contributed by atoms with Gasteiger partial charge < -0.3 is 14.1 Å². The molecule has 134 valence electrons. The number of anilines is 1. The van der Waals surface area contributed by atoms with E-state index in [9.17, 15) is 0 Å². The highest BCUT2D eigenvalue weighted by molar-refractivity contribution is 5.30. The Bertz CT molecular complexity index is 704. The minimum Gasteiger partial charge on any atom is -0.465 e. The van der Waals surface area contributed by atoms with Gasteiger partial charge in [0.2, 0.25) is 5.95 Å². The van der Waals surface area contributed by atoms with Gasteiger partial charge in [-0.1, -0.05) is 0 Å². The fourth-order valence-electron chi connectivity index (χ4n) is 4.11. The topological polar surface area (TPSA) is 54.6 Å². The Kier molecular flexibility index (Phi) is 4.48. The van der Waals surface area contributed by atoms with E-state index in [0.717, 1.165) is 63.0 Å². The third-order valence-corrected chi connectivity index (χ3v) is 5.40. The number of hydrogen-bond acceptors (Lipinski definition) is 6. The molecule has 0 saturated carbocycles. The molecule has 2 aliphatic heterocycles. The number of furan rings is 1. The molecular formula is C19H26N4O2. The van der Waals surface area contributed by atoms with Gasteiger partial charge >= 0.3 is 0 Å². The number of likely N-dealkylation sites (N-methyl/N-ethyl adjacent to an activating group) is 1. The first-order valence-electron chi connectivity index (χ1n) is 9.05. The van der Waals surface area contributed by atoms with Gasteiger partial charge in [-0.2, -0.15) is 0 Å². The summed E-state index contributed by atoms with van der Waals surface area (Å²) in [6.07, 6.45) is 6.89. The molecule has 2 fully saturated rings. The molecule has 0 aliphatic carbocycles. The van der Waals surface area contributed by atoms with E-state index in [-0.39, 0.29) is 5.60 Å². The van der Waals surface area contributed by atoms with E-state index < -0.39 is 0 Å². The highest BCUT2D eigenvalue weighted by Crippen LogP contribution is 2.37. The highest BCUT2D eigenvalue weighted by Gasteiger charge is 2.45. The van der Waals surface area contributed by atoms with Crippen molar-refractivity contribution in [2.24, 2.45) is 0 Å². The van der Waals surface area contributed by atoms with Crippen LogP contribution in [0.5, 0.6) is 0 Å². The first kappa shape index (κ1) is 16.5. The van der Waals surface area contributed by atoms with Gasteiger partial charge in [0.15, 0.2) is 0 Å². The fourth-order valence-corrected chi connectivity index (χ4v) is 4.11. The Morgan fingerprint density at radius 1 is 1.32 bits per heavy atom. The maximum absolute atomic E-state index is 6.34. The van der Waals surface area contributed by atoms with E-state index in [4.69, 9.17) is 9.15 Å². The predicted octanol–water partition coefficient (Wildman–Crippen LogP) is 2.64. The molecule has 4 rings (SSSR count). The van der Waals surface area contributed by atoms with E-state index in [1.165, 1.54) is 0 Å². The Balaban J connectivity index is 1.40. The first-order valence-corrected chi connectivity index (χ1v) is 9.05. The van der Waals surface area contributed by atoms with Gasteiger partial charge in [-0.25, -0.2) is 9.97 Å². The van der Waals surface area contributed by atoms with Crippen LogP contribution < -0.4 is 4.90 Å². The summed E-state index contributed by atoms with van der Waals surface area (Å²) in [5, 5.41) is 0. The molecule has 0 unspecified atom stereocenters. The van der Waals surface area contributed by atoms with E-state index in [1.807, 2.05) is 19.1 Å². The van der Waals surface area contributed by atoms with Gasteiger partial charge in [-0.15, -0.1) is 0 Å². The third-order valence-electron chi connectivity index (χ3n) is 5.40. The molecule has 4 heterocycles. The molecule has 6 nitrogen and oxygen atoms in total. The molecule has 2 atom stereocenters. The summed E-state index contributed by atoms with van der Waals surface area (Å²) in [5.74, 6) is 2.79. The van der Waals surface area contributed by atoms with Gasteiger partial charge in [0.1, 0.15) is 11.5 Å². The average molecular weight is 342 g/mol. The normalized spacial score (nSPS) is 27.0. The largest absolute Gasteiger partial charge is 0.465 e. The van der Waals surface area contributed by atoms with Crippen LogP contribution in [0.2, 0.25) is 0 Å². The second-order valence-corrected chi connectivity index (χ2v) is 7.34. The van der Waals surface area contributed by atoms with Gasteiger partial charge in [0, 0.05) is 32.4 Å². The lowest BCUT2D eigenvalue weighted by Crippen LogP contribution is -2.48. The van der Waals surface area contributed by atoms with Crippen molar-refractivity contribution in [2.75, 3.05) is 31.6 Å². The molecule has 1 spiro atoms. The summed E-state index contributed by atoms with van der Waals surface area (Å²) < 4.78 is 12.1. The van der Waals surface area contributed by atoms with E-state index in [0.29, 0.717) is 6.04 Å². The zero-order valence-corrected chi connectivity index (χ0v) is 15.0. The Hall–Kier alpha value is -1.92. The average Bonchev–Trinajstić information content (AvgIpc) is 3.22. The number of ether oxygens (including phenoxy) is 1. The van der Waals surface area contributed by atoms with Crippen LogP contribution in [-0.2, 0) is 11.3 Å². The molecule has 0 bridgehead atoms. The van der Waals surface area contributed by atoms with Crippen LogP contribution >= 0.6 is 0 Å². The summed E-state index contributed by atoms with van der Waals surface area (Å²) >= 11 is 0. The second-order valence-electron chi connectivity index (χ2n) is 7.34. The lowest BCUT2D eigenvalue weighted by atomic mass is 9.88. The van der Waals surface area contributed by atoms with Crippen molar-refractivity contribution >= 4 is 5.95 Å². The quantitative estimate of drug-likeness (QED) is 0.851.